The number of pyridine rings is 1. The van der Waals surface area contributed by atoms with Gasteiger partial charge in [0.05, 0.1) is 0 Å². The van der Waals surface area contributed by atoms with E-state index in [0.717, 1.165) is 24.9 Å². The maximum Gasteiger partial charge on any atom is 0.224 e. The minimum atomic E-state index is 0.140. The van der Waals surface area contributed by atoms with Gasteiger partial charge in [0, 0.05) is 24.5 Å². The van der Waals surface area contributed by atoms with Crippen molar-refractivity contribution in [1.82, 2.24) is 4.98 Å². The molecule has 0 aliphatic carbocycles. The van der Waals surface area contributed by atoms with E-state index < -0.39 is 0 Å². The smallest absolute Gasteiger partial charge is 0.224 e. The van der Waals surface area contributed by atoms with Crippen molar-refractivity contribution in [2.24, 2.45) is 0 Å². The molecule has 1 amide bonds. The van der Waals surface area contributed by atoms with E-state index in [2.05, 4.69) is 34.6 Å². The summed E-state index contributed by atoms with van der Waals surface area (Å²) in [4.78, 5) is 15.5. The van der Waals surface area contributed by atoms with E-state index in [1.807, 2.05) is 18.5 Å². The summed E-state index contributed by atoms with van der Waals surface area (Å²) >= 11 is 0. The number of carbonyl (C=O) groups is 1. The second kappa shape index (κ2) is 8.62. The van der Waals surface area contributed by atoms with Crippen LogP contribution in [-0.2, 0) is 24.1 Å². The summed E-state index contributed by atoms with van der Waals surface area (Å²) in [6, 6.07) is 10.7. The maximum atomic E-state index is 11.4. The minimum absolute atomic E-state index is 0.140. The third-order valence-corrected chi connectivity index (χ3v) is 4.72. The van der Waals surface area contributed by atoms with Crippen LogP contribution in [0, 0.1) is 0 Å². The fraction of sp³-hybridized carbons (Fsp3) is 0.429. The van der Waals surface area contributed by atoms with E-state index in [9.17, 15) is 4.79 Å². The van der Waals surface area contributed by atoms with Gasteiger partial charge in [-0.25, -0.2) is 0 Å². The van der Waals surface area contributed by atoms with Crippen LogP contribution < -0.4 is 5.32 Å². The van der Waals surface area contributed by atoms with Crippen molar-refractivity contribution in [2.75, 3.05) is 5.32 Å². The van der Waals surface area contributed by atoms with Gasteiger partial charge in [-0.2, -0.15) is 0 Å². The number of aryl methyl sites for hydroxylation is 3. The molecule has 3 heteroatoms. The molecule has 0 unspecified atom stereocenters. The molecule has 0 radical (unpaired) electrons. The standard InChI is InChI=1S/C21H26N2O/c24-21-13-11-19-15-17(10-12-20(19)23-21)7-4-2-1-3-5-8-18-9-6-14-22-16-18/h6,9-10,12,14-16H,1-5,7-8,11,13H2,(H,23,24). The first-order chi connectivity index (χ1) is 11.8. The average molecular weight is 322 g/mol. The Bertz CT molecular complexity index is 667. The number of benzene rings is 1. The number of unbranched alkanes of at least 4 members (excludes halogenated alkanes) is 4. The van der Waals surface area contributed by atoms with Crippen LogP contribution in [0.1, 0.15) is 55.2 Å². The quantitative estimate of drug-likeness (QED) is 0.716. The Balaban J connectivity index is 1.31. The summed E-state index contributed by atoms with van der Waals surface area (Å²) in [5, 5.41) is 2.95. The van der Waals surface area contributed by atoms with Crippen molar-refractivity contribution in [3.63, 3.8) is 0 Å². The van der Waals surface area contributed by atoms with E-state index in [0.29, 0.717) is 6.42 Å². The highest BCUT2D eigenvalue weighted by Crippen LogP contribution is 2.24. The van der Waals surface area contributed by atoms with Crippen molar-refractivity contribution < 1.29 is 4.79 Å². The second-order valence-electron chi connectivity index (χ2n) is 6.67. The van der Waals surface area contributed by atoms with Gasteiger partial charge in [0.15, 0.2) is 0 Å². The molecule has 24 heavy (non-hydrogen) atoms. The third-order valence-electron chi connectivity index (χ3n) is 4.72. The molecule has 0 fully saturated rings. The van der Waals surface area contributed by atoms with Gasteiger partial charge < -0.3 is 5.32 Å². The predicted octanol–water partition coefficient (Wildman–Crippen LogP) is 4.70. The molecule has 0 atom stereocenters. The summed E-state index contributed by atoms with van der Waals surface area (Å²) < 4.78 is 0. The monoisotopic (exact) mass is 322 g/mol. The lowest BCUT2D eigenvalue weighted by Gasteiger charge is -2.17. The Morgan fingerprint density at radius 3 is 2.50 bits per heavy atom. The number of amides is 1. The van der Waals surface area contributed by atoms with Gasteiger partial charge in [-0.05, 0) is 60.9 Å². The number of carbonyl (C=O) groups excluding carboxylic acids is 1. The molecule has 0 spiro atoms. The van der Waals surface area contributed by atoms with Gasteiger partial charge >= 0.3 is 0 Å². The van der Waals surface area contributed by atoms with Gasteiger partial charge in [0.2, 0.25) is 5.91 Å². The SMILES string of the molecule is O=C1CCc2cc(CCCCCCCc3cccnc3)ccc2N1. The Morgan fingerprint density at radius 2 is 1.71 bits per heavy atom. The summed E-state index contributed by atoms with van der Waals surface area (Å²) in [6.07, 6.45) is 14.0. The fourth-order valence-corrected chi connectivity index (χ4v) is 3.33. The van der Waals surface area contributed by atoms with Crippen LogP contribution in [0.15, 0.2) is 42.7 Å². The fourth-order valence-electron chi connectivity index (χ4n) is 3.33. The normalized spacial score (nSPS) is 13.4. The topological polar surface area (TPSA) is 42.0 Å². The number of hydrogen-bond donors (Lipinski definition) is 1. The van der Waals surface area contributed by atoms with Crippen LogP contribution >= 0.6 is 0 Å². The van der Waals surface area contributed by atoms with Crippen LogP contribution in [0.3, 0.4) is 0 Å². The first-order valence-corrected chi connectivity index (χ1v) is 9.12. The summed E-state index contributed by atoms with van der Waals surface area (Å²) in [5.41, 5.74) is 5.05. The highest BCUT2D eigenvalue weighted by atomic mass is 16.1. The third kappa shape index (κ3) is 4.92. The van der Waals surface area contributed by atoms with Crippen LogP contribution in [0.5, 0.6) is 0 Å². The highest BCUT2D eigenvalue weighted by Gasteiger charge is 2.14. The zero-order chi connectivity index (χ0) is 16.6. The van der Waals surface area contributed by atoms with Gasteiger partial charge in [0.1, 0.15) is 0 Å². The van der Waals surface area contributed by atoms with Crippen molar-refractivity contribution in [1.29, 1.82) is 0 Å². The Hall–Kier alpha value is -2.16. The van der Waals surface area contributed by atoms with Gasteiger partial charge in [-0.15, -0.1) is 0 Å². The number of fused-ring (bicyclic) bond motifs is 1. The molecule has 2 aromatic rings. The molecule has 1 aromatic heterocycles. The number of rotatable bonds is 8. The summed E-state index contributed by atoms with van der Waals surface area (Å²) in [5.74, 6) is 0.140. The van der Waals surface area contributed by atoms with Crippen LogP contribution in [0.25, 0.3) is 0 Å². The van der Waals surface area contributed by atoms with Crippen molar-refractivity contribution >= 4 is 11.6 Å². The summed E-state index contributed by atoms with van der Waals surface area (Å²) in [6.45, 7) is 0. The van der Waals surface area contributed by atoms with E-state index in [1.165, 1.54) is 48.8 Å². The molecule has 1 aliphatic heterocycles. The summed E-state index contributed by atoms with van der Waals surface area (Å²) in [7, 11) is 0. The molecule has 3 rings (SSSR count). The van der Waals surface area contributed by atoms with E-state index in [-0.39, 0.29) is 5.91 Å². The minimum Gasteiger partial charge on any atom is -0.326 e. The van der Waals surface area contributed by atoms with E-state index in [1.54, 1.807) is 0 Å². The molecular weight excluding hydrogens is 296 g/mol. The number of hydrogen-bond acceptors (Lipinski definition) is 2. The lowest BCUT2D eigenvalue weighted by Crippen LogP contribution is -2.18. The molecule has 0 saturated carbocycles. The Morgan fingerprint density at radius 1 is 0.917 bits per heavy atom. The molecule has 1 aliphatic rings. The van der Waals surface area contributed by atoms with Crippen molar-refractivity contribution in [3.8, 4) is 0 Å². The zero-order valence-corrected chi connectivity index (χ0v) is 14.3. The largest absolute Gasteiger partial charge is 0.326 e. The zero-order valence-electron chi connectivity index (χ0n) is 14.3. The first kappa shape index (κ1) is 16.7. The van der Waals surface area contributed by atoms with Crippen LogP contribution in [-0.4, -0.2) is 10.9 Å². The molecule has 126 valence electrons. The van der Waals surface area contributed by atoms with Crippen LogP contribution in [0.2, 0.25) is 0 Å². The Kier molecular flexibility index (Phi) is 6.00. The van der Waals surface area contributed by atoms with Gasteiger partial charge in [-0.3, -0.25) is 9.78 Å². The predicted molar refractivity (Wildman–Crippen MR) is 98.1 cm³/mol. The number of nitrogens with one attached hydrogen (secondary N) is 1. The van der Waals surface area contributed by atoms with Gasteiger partial charge in [-0.1, -0.05) is 37.5 Å². The molecule has 1 aromatic carbocycles. The van der Waals surface area contributed by atoms with Crippen molar-refractivity contribution in [3.05, 3.63) is 59.4 Å². The van der Waals surface area contributed by atoms with E-state index >= 15 is 0 Å². The van der Waals surface area contributed by atoms with Gasteiger partial charge in [0.25, 0.3) is 0 Å². The Labute approximate surface area is 144 Å². The number of anilines is 1. The molecule has 3 nitrogen and oxygen atoms in total. The lowest BCUT2D eigenvalue weighted by atomic mass is 9.97. The molecule has 2 heterocycles. The van der Waals surface area contributed by atoms with Crippen LogP contribution in [0.4, 0.5) is 5.69 Å². The molecule has 0 bridgehead atoms. The second-order valence-corrected chi connectivity index (χ2v) is 6.67. The number of aromatic nitrogens is 1. The maximum absolute atomic E-state index is 11.4. The van der Waals surface area contributed by atoms with E-state index in [4.69, 9.17) is 0 Å². The molecular formula is C21H26N2O. The highest BCUT2D eigenvalue weighted by molar-refractivity contribution is 5.93. The molecule has 1 N–H and O–H groups in total. The average Bonchev–Trinajstić information content (AvgIpc) is 2.62. The van der Waals surface area contributed by atoms with Crippen molar-refractivity contribution in [2.45, 2.75) is 57.8 Å². The molecule has 0 saturated heterocycles. The number of nitrogens with zero attached hydrogens (tertiary/aromatic N) is 1. The first-order valence-electron chi connectivity index (χ1n) is 9.12. The lowest BCUT2D eigenvalue weighted by molar-refractivity contribution is -0.116.